The zero-order chi connectivity index (χ0) is 23.7. The number of hydrogen-bond acceptors (Lipinski definition) is 5. The molecule has 2 aromatic heterocycles. The smallest absolute Gasteiger partial charge is 0.337 e. The van der Waals surface area contributed by atoms with E-state index < -0.39 is 5.91 Å². The first-order valence-electron chi connectivity index (χ1n) is 9.88. The van der Waals surface area contributed by atoms with Gasteiger partial charge in [0, 0.05) is 32.5 Å². The number of amides is 1. The molecule has 0 unspecified atom stereocenters. The summed E-state index contributed by atoms with van der Waals surface area (Å²) in [5.41, 5.74) is 7.26. The number of methoxy groups -OCH3 is 1. The van der Waals surface area contributed by atoms with Gasteiger partial charge in [0.1, 0.15) is 5.58 Å². The van der Waals surface area contributed by atoms with Gasteiger partial charge in [0.05, 0.1) is 23.4 Å². The van der Waals surface area contributed by atoms with Gasteiger partial charge in [0.2, 0.25) is 0 Å². The van der Waals surface area contributed by atoms with Crippen molar-refractivity contribution in [1.82, 2.24) is 9.99 Å². The summed E-state index contributed by atoms with van der Waals surface area (Å²) in [6, 6.07) is 14.5. The Labute approximate surface area is 206 Å². The highest BCUT2D eigenvalue weighted by Crippen LogP contribution is 2.31. The third kappa shape index (κ3) is 4.65. The van der Waals surface area contributed by atoms with E-state index in [1.54, 1.807) is 24.4 Å². The van der Waals surface area contributed by atoms with Crippen LogP contribution in [0.2, 0.25) is 0 Å². The van der Waals surface area contributed by atoms with Crippen molar-refractivity contribution in [3.8, 4) is 5.69 Å². The number of rotatable bonds is 5. The van der Waals surface area contributed by atoms with Crippen LogP contribution in [-0.4, -0.2) is 29.8 Å². The van der Waals surface area contributed by atoms with E-state index in [0.717, 1.165) is 37.0 Å². The fourth-order valence-corrected chi connectivity index (χ4v) is 4.92. The van der Waals surface area contributed by atoms with E-state index in [2.05, 4.69) is 42.4 Å². The van der Waals surface area contributed by atoms with Gasteiger partial charge in [0.25, 0.3) is 0 Å². The zero-order valence-corrected chi connectivity index (χ0v) is 21.2. The van der Waals surface area contributed by atoms with E-state index in [1.807, 2.05) is 48.7 Å². The molecule has 1 amide bonds. The van der Waals surface area contributed by atoms with Crippen LogP contribution < -0.4 is 5.43 Å². The summed E-state index contributed by atoms with van der Waals surface area (Å²) in [5.74, 6) is -0.662. The minimum Gasteiger partial charge on any atom is -0.465 e. The Balaban J connectivity index is 1.52. The third-order valence-corrected chi connectivity index (χ3v) is 6.19. The number of esters is 1. The van der Waals surface area contributed by atoms with Crippen molar-refractivity contribution in [1.29, 1.82) is 0 Å². The molecular weight excluding hydrogens is 554 g/mol. The molecule has 4 rings (SSSR count). The largest absolute Gasteiger partial charge is 0.465 e. The molecule has 7 nitrogen and oxygen atoms in total. The Morgan fingerprint density at radius 3 is 2.52 bits per heavy atom. The maximum atomic E-state index is 12.5. The molecule has 168 valence electrons. The number of nitrogens with one attached hydrogen (secondary N) is 1. The molecule has 0 spiro atoms. The fraction of sp³-hybridized carbons (Fsp3) is 0.125. The van der Waals surface area contributed by atoms with Crippen molar-refractivity contribution in [3.63, 3.8) is 0 Å². The quantitative estimate of drug-likeness (QED) is 0.183. The number of aromatic nitrogens is 1. The first kappa shape index (κ1) is 23.0. The van der Waals surface area contributed by atoms with Crippen LogP contribution in [0.4, 0.5) is 0 Å². The number of aryl methyl sites for hydroxylation is 1. The van der Waals surface area contributed by atoms with Gasteiger partial charge in [-0.3, -0.25) is 4.79 Å². The molecule has 9 heteroatoms. The lowest BCUT2D eigenvalue weighted by atomic mass is 10.2. The Morgan fingerprint density at radius 1 is 1.09 bits per heavy atom. The summed E-state index contributed by atoms with van der Waals surface area (Å²) < 4.78 is 14.1. The number of nitrogens with zero attached hydrogens (tertiary/aromatic N) is 2. The maximum Gasteiger partial charge on any atom is 0.337 e. The first-order chi connectivity index (χ1) is 15.8. The van der Waals surface area contributed by atoms with E-state index in [9.17, 15) is 9.59 Å². The van der Waals surface area contributed by atoms with Crippen molar-refractivity contribution >= 4 is 60.9 Å². The molecule has 1 N–H and O–H groups in total. The summed E-state index contributed by atoms with van der Waals surface area (Å²) in [7, 11) is 1.35. The number of carbonyl (C=O) groups is 2. The number of ether oxygens (including phenoxy) is 1. The highest BCUT2D eigenvalue weighted by Gasteiger charge is 2.15. The lowest BCUT2D eigenvalue weighted by Crippen LogP contribution is -2.16. The third-order valence-electron chi connectivity index (χ3n) is 5.15. The summed E-state index contributed by atoms with van der Waals surface area (Å²) in [6.45, 7) is 3.93. The topological polar surface area (TPSA) is 85.8 Å². The fourth-order valence-electron chi connectivity index (χ4n) is 3.58. The predicted octanol–water partition coefficient (Wildman–Crippen LogP) is 5.92. The van der Waals surface area contributed by atoms with Crippen LogP contribution in [0.5, 0.6) is 0 Å². The van der Waals surface area contributed by atoms with Gasteiger partial charge in [-0.2, -0.15) is 5.10 Å². The van der Waals surface area contributed by atoms with E-state index in [4.69, 9.17) is 9.15 Å². The van der Waals surface area contributed by atoms with Gasteiger partial charge in [-0.15, -0.1) is 0 Å². The molecule has 0 aliphatic heterocycles. The monoisotopic (exact) mass is 571 g/mol. The lowest BCUT2D eigenvalue weighted by molar-refractivity contribution is 0.0600. The highest BCUT2D eigenvalue weighted by molar-refractivity contribution is 9.11. The Hall–Kier alpha value is -3.17. The molecule has 2 heterocycles. The van der Waals surface area contributed by atoms with Crippen LogP contribution in [-0.2, 0) is 4.74 Å². The minimum absolute atomic E-state index is 0.164. The SMILES string of the molecule is COC(=O)c1ccc(-n2c(C)cc(/C=N\NC(=O)c3cc4cc(Br)cc(Br)c4o3)c2C)cc1. The first-order valence-corrected chi connectivity index (χ1v) is 11.5. The molecule has 0 fully saturated rings. The standard InChI is InChI=1S/C24H19Br2N3O4/c1-13-8-17(14(2)29(13)19-6-4-15(5-7-19)24(31)32-3)12-27-28-23(30)21-10-16-9-18(25)11-20(26)22(16)33-21/h4-12H,1-3H3,(H,28,30)/b27-12-. The van der Waals surface area contributed by atoms with Crippen molar-refractivity contribution in [2.24, 2.45) is 5.10 Å². The highest BCUT2D eigenvalue weighted by atomic mass is 79.9. The number of halogens is 2. The van der Waals surface area contributed by atoms with Crippen LogP contribution in [0.25, 0.3) is 16.7 Å². The molecule has 0 aliphatic carbocycles. The van der Waals surface area contributed by atoms with Gasteiger partial charge in [-0.1, -0.05) is 15.9 Å². The number of fused-ring (bicyclic) bond motifs is 1. The van der Waals surface area contributed by atoms with E-state index >= 15 is 0 Å². The predicted molar refractivity (Wildman–Crippen MR) is 133 cm³/mol. The molecule has 33 heavy (non-hydrogen) atoms. The summed E-state index contributed by atoms with van der Waals surface area (Å²) in [6.07, 6.45) is 1.59. The molecule has 0 saturated heterocycles. The second kappa shape index (κ2) is 9.36. The number of carbonyl (C=O) groups excluding carboxylic acids is 2. The summed E-state index contributed by atoms with van der Waals surface area (Å²) in [5, 5.41) is 4.90. The van der Waals surface area contributed by atoms with Crippen LogP contribution >= 0.6 is 31.9 Å². The van der Waals surface area contributed by atoms with Crippen molar-refractivity contribution < 1.29 is 18.7 Å². The lowest BCUT2D eigenvalue weighted by Gasteiger charge is -2.10. The molecule has 0 atom stereocenters. The van der Waals surface area contributed by atoms with Crippen LogP contribution in [0.3, 0.4) is 0 Å². The maximum absolute atomic E-state index is 12.5. The molecule has 2 aromatic carbocycles. The Morgan fingerprint density at radius 2 is 1.82 bits per heavy atom. The minimum atomic E-state index is -0.447. The second-order valence-corrected chi connectivity index (χ2v) is 9.09. The van der Waals surface area contributed by atoms with Crippen molar-refractivity contribution in [3.05, 3.63) is 85.8 Å². The molecule has 0 radical (unpaired) electrons. The molecular formula is C24H19Br2N3O4. The van der Waals surface area contributed by atoms with E-state index in [0.29, 0.717) is 11.1 Å². The van der Waals surface area contributed by atoms with Crippen LogP contribution in [0.1, 0.15) is 37.9 Å². The van der Waals surface area contributed by atoms with Gasteiger partial charge < -0.3 is 13.7 Å². The van der Waals surface area contributed by atoms with Crippen LogP contribution in [0.15, 0.2) is 67.0 Å². The normalized spacial score (nSPS) is 11.3. The molecule has 0 aliphatic rings. The summed E-state index contributed by atoms with van der Waals surface area (Å²) >= 11 is 6.86. The number of benzene rings is 2. The van der Waals surface area contributed by atoms with Gasteiger partial charge in [-0.05, 0) is 78.3 Å². The van der Waals surface area contributed by atoms with Crippen molar-refractivity contribution in [2.75, 3.05) is 7.11 Å². The van der Waals surface area contributed by atoms with Gasteiger partial charge >= 0.3 is 11.9 Å². The van der Waals surface area contributed by atoms with Crippen LogP contribution in [0, 0.1) is 13.8 Å². The van der Waals surface area contributed by atoms with E-state index in [1.165, 1.54) is 7.11 Å². The second-order valence-electron chi connectivity index (χ2n) is 7.32. The molecule has 4 aromatic rings. The number of hydrazone groups is 1. The Bertz CT molecular complexity index is 1400. The summed E-state index contributed by atoms with van der Waals surface area (Å²) in [4.78, 5) is 24.2. The molecule has 0 saturated carbocycles. The Kier molecular flexibility index (Phi) is 6.53. The van der Waals surface area contributed by atoms with Crippen molar-refractivity contribution in [2.45, 2.75) is 13.8 Å². The number of furan rings is 1. The average molecular weight is 573 g/mol. The average Bonchev–Trinajstić information content (AvgIpc) is 3.34. The number of hydrogen-bond donors (Lipinski definition) is 1. The van der Waals surface area contributed by atoms with Gasteiger partial charge in [0.15, 0.2) is 5.76 Å². The zero-order valence-electron chi connectivity index (χ0n) is 18.0. The molecule has 0 bridgehead atoms. The van der Waals surface area contributed by atoms with E-state index in [-0.39, 0.29) is 11.7 Å². The van der Waals surface area contributed by atoms with Gasteiger partial charge in [-0.25, -0.2) is 10.2 Å².